The average molecular weight is 277 g/mol. The maximum Gasteiger partial charge on any atom is 0.134 e. The molecule has 1 aromatic carbocycles. The summed E-state index contributed by atoms with van der Waals surface area (Å²) in [6.45, 7) is 0. The molecule has 0 amide bonds. The first-order valence-electron chi connectivity index (χ1n) is 4.34. The van der Waals surface area contributed by atoms with E-state index in [-0.39, 0.29) is 20.9 Å². The van der Waals surface area contributed by atoms with Crippen LogP contribution in [-0.4, -0.2) is 4.98 Å². The Bertz CT molecular complexity index is 519. The van der Waals surface area contributed by atoms with Gasteiger partial charge in [0.15, 0.2) is 0 Å². The van der Waals surface area contributed by atoms with Crippen molar-refractivity contribution in [2.75, 3.05) is 0 Å². The molecular formula is C11H5Cl3FN. The summed E-state index contributed by atoms with van der Waals surface area (Å²) in [7, 11) is 0. The van der Waals surface area contributed by atoms with Gasteiger partial charge in [0.1, 0.15) is 5.82 Å². The van der Waals surface area contributed by atoms with Crippen LogP contribution in [0, 0.1) is 5.82 Å². The number of benzene rings is 1. The van der Waals surface area contributed by atoms with Crippen LogP contribution in [-0.2, 0) is 0 Å². The summed E-state index contributed by atoms with van der Waals surface area (Å²) in [5.41, 5.74) is 0.882. The second kappa shape index (κ2) is 4.58. The van der Waals surface area contributed by atoms with Gasteiger partial charge in [0.2, 0.25) is 0 Å². The van der Waals surface area contributed by atoms with E-state index < -0.39 is 0 Å². The van der Waals surface area contributed by atoms with Crippen LogP contribution >= 0.6 is 34.8 Å². The molecule has 0 bridgehead atoms. The Kier molecular flexibility index (Phi) is 3.33. The molecule has 82 valence electrons. The molecule has 0 aliphatic heterocycles. The number of halogens is 4. The van der Waals surface area contributed by atoms with Gasteiger partial charge in [0, 0.05) is 18.0 Å². The van der Waals surface area contributed by atoms with E-state index in [4.69, 9.17) is 34.8 Å². The highest BCUT2D eigenvalue weighted by Crippen LogP contribution is 2.35. The third-order valence-electron chi connectivity index (χ3n) is 2.06. The second-order valence-electron chi connectivity index (χ2n) is 3.11. The molecule has 0 aliphatic rings. The van der Waals surface area contributed by atoms with Gasteiger partial charge in [-0.2, -0.15) is 0 Å². The number of rotatable bonds is 1. The first-order chi connectivity index (χ1) is 7.59. The zero-order valence-electron chi connectivity index (χ0n) is 7.85. The van der Waals surface area contributed by atoms with Crippen LogP contribution < -0.4 is 0 Å². The van der Waals surface area contributed by atoms with E-state index >= 15 is 0 Å². The predicted octanol–water partition coefficient (Wildman–Crippen LogP) is 4.85. The minimum Gasteiger partial charge on any atom is -0.264 e. The van der Waals surface area contributed by atoms with Crippen molar-refractivity contribution in [2.45, 2.75) is 0 Å². The van der Waals surface area contributed by atoms with Crippen LogP contribution in [0.2, 0.25) is 15.1 Å². The summed E-state index contributed by atoms with van der Waals surface area (Å²) < 4.78 is 13.5. The fraction of sp³-hybridized carbons (Fsp3) is 0. The van der Waals surface area contributed by atoms with Gasteiger partial charge in [-0.1, -0.05) is 34.8 Å². The lowest BCUT2D eigenvalue weighted by molar-refractivity contribution is 0.629. The molecule has 2 rings (SSSR count). The van der Waals surface area contributed by atoms with Crippen LogP contribution in [0.15, 0.2) is 30.6 Å². The molecule has 0 atom stereocenters. The quantitative estimate of drug-likeness (QED) is 0.679. The van der Waals surface area contributed by atoms with E-state index in [0.717, 1.165) is 0 Å². The molecule has 1 nitrogen and oxygen atoms in total. The van der Waals surface area contributed by atoms with E-state index in [0.29, 0.717) is 11.1 Å². The van der Waals surface area contributed by atoms with Gasteiger partial charge in [-0.25, -0.2) is 4.39 Å². The molecule has 16 heavy (non-hydrogen) atoms. The number of hydrogen-bond acceptors (Lipinski definition) is 1. The van der Waals surface area contributed by atoms with Crippen LogP contribution in [0.3, 0.4) is 0 Å². The van der Waals surface area contributed by atoms with E-state index in [1.165, 1.54) is 18.5 Å². The zero-order chi connectivity index (χ0) is 11.7. The summed E-state index contributed by atoms with van der Waals surface area (Å²) in [6.07, 6.45) is 2.78. The van der Waals surface area contributed by atoms with Gasteiger partial charge in [-0.3, -0.25) is 4.98 Å². The molecule has 0 spiro atoms. The normalized spacial score (nSPS) is 10.5. The van der Waals surface area contributed by atoms with Crippen LogP contribution in [0.25, 0.3) is 11.1 Å². The second-order valence-corrected chi connectivity index (χ2v) is 4.30. The van der Waals surface area contributed by atoms with E-state index in [9.17, 15) is 4.39 Å². The molecule has 0 radical (unpaired) electrons. The maximum atomic E-state index is 13.5. The van der Waals surface area contributed by atoms with Crippen molar-refractivity contribution in [2.24, 2.45) is 0 Å². The van der Waals surface area contributed by atoms with Crippen molar-refractivity contribution in [1.82, 2.24) is 4.98 Å². The lowest BCUT2D eigenvalue weighted by Crippen LogP contribution is -1.86. The molecule has 1 aromatic heterocycles. The Morgan fingerprint density at radius 3 is 2.25 bits per heavy atom. The number of hydrogen-bond donors (Lipinski definition) is 0. The highest BCUT2D eigenvalue weighted by Gasteiger charge is 2.10. The maximum absolute atomic E-state index is 13.5. The minimum atomic E-state index is -0.385. The smallest absolute Gasteiger partial charge is 0.134 e. The summed E-state index contributed by atoms with van der Waals surface area (Å²) in [4.78, 5) is 3.84. The Morgan fingerprint density at radius 2 is 1.69 bits per heavy atom. The molecule has 0 unspecified atom stereocenters. The van der Waals surface area contributed by atoms with Gasteiger partial charge < -0.3 is 0 Å². The third-order valence-corrected chi connectivity index (χ3v) is 3.26. The summed E-state index contributed by atoms with van der Waals surface area (Å²) in [6, 6.07) is 4.37. The molecule has 0 N–H and O–H groups in total. The average Bonchev–Trinajstić information content (AvgIpc) is 2.26. The molecule has 0 fully saturated rings. The van der Waals surface area contributed by atoms with E-state index in [2.05, 4.69) is 4.98 Å². The molecule has 0 aliphatic carbocycles. The summed E-state index contributed by atoms with van der Waals surface area (Å²) in [5, 5.41) is 0.830. The molecule has 2 aromatic rings. The largest absolute Gasteiger partial charge is 0.264 e. The van der Waals surface area contributed by atoms with Crippen molar-refractivity contribution < 1.29 is 4.39 Å². The highest BCUT2D eigenvalue weighted by molar-refractivity contribution is 6.48. The van der Waals surface area contributed by atoms with Gasteiger partial charge in [-0.15, -0.1) is 0 Å². The Labute approximate surface area is 107 Å². The monoisotopic (exact) mass is 275 g/mol. The molecule has 1 heterocycles. The van der Waals surface area contributed by atoms with Crippen molar-refractivity contribution in [1.29, 1.82) is 0 Å². The third kappa shape index (κ3) is 2.14. The number of aromatic nitrogens is 1. The summed E-state index contributed by atoms with van der Waals surface area (Å²) in [5.74, 6) is -0.385. The first kappa shape index (κ1) is 11.6. The Morgan fingerprint density at radius 1 is 1.06 bits per heavy atom. The highest BCUT2D eigenvalue weighted by atomic mass is 35.5. The van der Waals surface area contributed by atoms with Crippen LogP contribution in [0.1, 0.15) is 0 Å². The Balaban J connectivity index is 2.62. The number of pyridine rings is 1. The fourth-order valence-corrected chi connectivity index (χ4v) is 1.90. The van der Waals surface area contributed by atoms with Crippen molar-refractivity contribution in [3.63, 3.8) is 0 Å². The molecular weight excluding hydrogens is 271 g/mol. The predicted molar refractivity (Wildman–Crippen MR) is 64.7 cm³/mol. The van der Waals surface area contributed by atoms with Crippen LogP contribution in [0.5, 0.6) is 0 Å². The fourth-order valence-electron chi connectivity index (χ4n) is 1.30. The van der Waals surface area contributed by atoms with Gasteiger partial charge in [-0.05, 0) is 23.8 Å². The summed E-state index contributed by atoms with van der Waals surface area (Å²) >= 11 is 17.5. The molecule has 5 heteroatoms. The van der Waals surface area contributed by atoms with E-state index in [1.807, 2.05) is 0 Å². The lowest BCUT2D eigenvalue weighted by atomic mass is 10.1. The Hall–Kier alpha value is -0.830. The standard InChI is InChI=1S/C11H5Cl3FN/c12-8-3-6(4-9(13)11(8)14)7-5-16-2-1-10(7)15/h1-5H. The first-order valence-corrected chi connectivity index (χ1v) is 5.47. The minimum absolute atomic E-state index is 0.261. The molecule has 0 saturated heterocycles. The lowest BCUT2D eigenvalue weighted by Gasteiger charge is -2.06. The van der Waals surface area contributed by atoms with Crippen molar-refractivity contribution >= 4 is 34.8 Å². The number of nitrogens with zero attached hydrogens (tertiary/aromatic N) is 1. The van der Waals surface area contributed by atoms with E-state index in [1.54, 1.807) is 12.1 Å². The van der Waals surface area contributed by atoms with Gasteiger partial charge >= 0.3 is 0 Å². The van der Waals surface area contributed by atoms with Gasteiger partial charge in [0.25, 0.3) is 0 Å². The SMILES string of the molecule is Fc1ccncc1-c1cc(Cl)c(Cl)c(Cl)c1. The van der Waals surface area contributed by atoms with Crippen molar-refractivity contribution in [3.8, 4) is 11.1 Å². The topological polar surface area (TPSA) is 12.9 Å². The van der Waals surface area contributed by atoms with Crippen LogP contribution in [0.4, 0.5) is 4.39 Å². The zero-order valence-corrected chi connectivity index (χ0v) is 10.1. The van der Waals surface area contributed by atoms with Gasteiger partial charge in [0.05, 0.1) is 15.1 Å². The molecule has 0 saturated carbocycles. The van der Waals surface area contributed by atoms with Crippen molar-refractivity contribution in [3.05, 3.63) is 51.5 Å².